The lowest BCUT2D eigenvalue weighted by Gasteiger charge is -2.12. The molecule has 5 heteroatoms. The maximum atomic E-state index is 9.09. The summed E-state index contributed by atoms with van der Waals surface area (Å²) >= 11 is 5.98. The smallest absolute Gasteiger partial charge is 0.0737 e. The van der Waals surface area contributed by atoms with Crippen molar-refractivity contribution in [2.24, 2.45) is 11.7 Å². The van der Waals surface area contributed by atoms with Crippen molar-refractivity contribution in [3.63, 3.8) is 0 Å². The van der Waals surface area contributed by atoms with Crippen LogP contribution in [0.5, 0.6) is 0 Å². The van der Waals surface area contributed by atoms with Crippen molar-refractivity contribution in [3.8, 4) is 0 Å². The summed E-state index contributed by atoms with van der Waals surface area (Å²) in [6.45, 7) is 1.63. The summed E-state index contributed by atoms with van der Waals surface area (Å²) in [4.78, 5) is 4.33. The second-order valence-corrected chi connectivity index (χ2v) is 5.66. The number of halogens is 1. The fourth-order valence-corrected chi connectivity index (χ4v) is 2.51. The minimum Gasteiger partial charge on any atom is -0.396 e. The number of nitrogens with one attached hydrogen (secondary N) is 1. The summed E-state index contributed by atoms with van der Waals surface area (Å²) in [5, 5.41) is 14.3. The van der Waals surface area contributed by atoms with Crippen molar-refractivity contribution >= 4 is 28.2 Å². The van der Waals surface area contributed by atoms with Crippen molar-refractivity contribution < 1.29 is 5.11 Å². The third-order valence-corrected chi connectivity index (χ3v) is 3.89. The van der Waals surface area contributed by atoms with Crippen LogP contribution in [0.3, 0.4) is 0 Å². The van der Waals surface area contributed by atoms with Crippen molar-refractivity contribution in [1.82, 2.24) is 4.98 Å². The Bertz CT molecular complexity index is 572. The minimum atomic E-state index is 0.180. The van der Waals surface area contributed by atoms with Gasteiger partial charge in [0.25, 0.3) is 0 Å². The molecular formula is C16H22ClN3O. The van der Waals surface area contributed by atoms with Crippen molar-refractivity contribution in [1.29, 1.82) is 0 Å². The molecule has 0 radical (unpaired) electrons. The van der Waals surface area contributed by atoms with E-state index in [1.807, 2.05) is 24.3 Å². The minimum absolute atomic E-state index is 0.180. The quantitative estimate of drug-likeness (QED) is 0.656. The number of fused-ring (bicyclic) bond motifs is 1. The van der Waals surface area contributed by atoms with Crippen LogP contribution in [0.2, 0.25) is 5.02 Å². The predicted molar refractivity (Wildman–Crippen MR) is 88.7 cm³/mol. The highest BCUT2D eigenvalue weighted by molar-refractivity contribution is 6.31. The molecule has 1 atom stereocenters. The number of anilines is 1. The lowest BCUT2D eigenvalue weighted by Crippen LogP contribution is -2.18. The van der Waals surface area contributed by atoms with E-state index < -0.39 is 0 Å². The van der Waals surface area contributed by atoms with Gasteiger partial charge in [-0.15, -0.1) is 0 Å². The molecule has 114 valence electrons. The van der Waals surface area contributed by atoms with Crippen LogP contribution < -0.4 is 11.1 Å². The molecule has 0 aliphatic carbocycles. The summed E-state index contributed by atoms with van der Waals surface area (Å²) in [6.07, 6.45) is 4.87. The molecule has 0 bridgehead atoms. The number of hydrogen-bond donors (Lipinski definition) is 3. The van der Waals surface area contributed by atoms with E-state index in [2.05, 4.69) is 10.3 Å². The number of hydrogen-bond acceptors (Lipinski definition) is 4. The van der Waals surface area contributed by atoms with Gasteiger partial charge >= 0.3 is 0 Å². The molecule has 0 aliphatic rings. The monoisotopic (exact) mass is 307 g/mol. The van der Waals surface area contributed by atoms with Gasteiger partial charge < -0.3 is 16.2 Å². The van der Waals surface area contributed by atoms with Crippen LogP contribution in [-0.4, -0.2) is 29.8 Å². The molecule has 0 saturated heterocycles. The Balaban J connectivity index is 1.86. The summed E-state index contributed by atoms with van der Waals surface area (Å²) in [5.74, 6) is 0.230. The number of benzene rings is 1. The van der Waals surface area contributed by atoms with E-state index >= 15 is 0 Å². The highest BCUT2D eigenvalue weighted by atomic mass is 35.5. The van der Waals surface area contributed by atoms with E-state index in [-0.39, 0.29) is 12.5 Å². The van der Waals surface area contributed by atoms with Crippen molar-refractivity contribution in [3.05, 3.63) is 35.5 Å². The van der Waals surface area contributed by atoms with Crippen LogP contribution in [0.25, 0.3) is 10.9 Å². The first-order valence-corrected chi connectivity index (χ1v) is 7.71. The van der Waals surface area contributed by atoms with E-state index in [1.165, 1.54) is 0 Å². The van der Waals surface area contributed by atoms with Gasteiger partial charge in [0.1, 0.15) is 0 Å². The topological polar surface area (TPSA) is 71.2 Å². The first kappa shape index (κ1) is 16.0. The fraction of sp³-hybridized carbons (Fsp3) is 0.438. The Morgan fingerprint density at radius 2 is 2.14 bits per heavy atom. The predicted octanol–water partition coefficient (Wildman–Crippen LogP) is 3.04. The lowest BCUT2D eigenvalue weighted by molar-refractivity contribution is 0.220. The Morgan fingerprint density at radius 1 is 1.29 bits per heavy atom. The second-order valence-electron chi connectivity index (χ2n) is 5.23. The first-order valence-electron chi connectivity index (χ1n) is 7.33. The molecule has 1 heterocycles. The molecule has 21 heavy (non-hydrogen) atoms. The van der Waals surface area contributed by atoms with E-state index in [0.29, 0.717) is 11.6 Å². The highest BCUT2D eigenvalue weighted by Crippen LogP contribution is 2.24. The molecule has 1 aromatic carbocycles. The third kappa shape index (κ3) is 4.56. The van der Waals surface area contributed by atoms with Gasteiger partial charge in [-0.25, -0.2) is 0 Å². The highest BCUT2D eigenvalue weighted by Gasteiger charge is 2.05. The number of nitrogens with zero attached hydrogens (tertiary/aromatic N) is 1. The van der Waals surface area contributed by atoms with Gasteiger partial charge in [-0.05, 0) is 49.6 Å². The van der Waals surface area contributed by atoms with Gasteiger partial charge in [-0.1, -0.05) is 18.0 Å². The average Bonchev–Trinajstić information content (AvgIpc) is 2.50. The number of aromatic nitrogens is 1. The van der Waals surface area contributed by atoms with Gasteiger partial charge in [0, 0.05) is 35.4 Å². The van der Waals surface area contributed by atoms with Crippen LogP contribution >= 0.6 is 11.6 Å². The summed E-state index contributed by atoms with van der Waals surface area (Å²) in [5.41, 5.74) is 7.55. The molecule has 4 N–H and O–H groups in total. The molecule has 0 spiro atoms. The SMILES string of the molecule is NCC(CO)CCCCNc1ccnc2cc(Cl)ccc12. The molecule has 0 saturated carbocycles. The van der Waals surface area contributed by atoms with Gasteiger partial charge in [0.15, 0.2) is 0 Å². The Kier molecular flexibility index (Phi) is 6.23. The van der Waals surface area contributed by atoms with E-state index in [9.17, 15) is 0 Å². The van der Waals surface area contributed by atoms with Gasteiger partial charge in [0.2, 0.25) is 0 Å². The largest absolute Gasteiger partial charge is 0.396 e. The second kappa shape index (κ2) is 8.17. The van der Waals surface area contributed by atoms with E-state index in [1.54, 1.807) is 6.20 Å². The van der Waals surface area contributed by atoms with Crippen LogP contribution in [0.15, 0.2) is 30.5 Å². The Hall–Kier alpha value is -1.36. The molecule has 1 unspecified atom stereocenters. The fourth-order valence-electron chi connectivity index (χ4n) is 2.34. The molecular weight excluding hydrogens is 286 g/mol. The summed E-state index contributed by atoms with van der Waals surface area (Å²) in [6, 6.07) is 7.72. The third-order valence-electron chi connectivity index (χ3n) is 3.65. The summed E-state index contributed by atoms with van der Waals surface area (Å²) < 4.78 is 0. The van der Waals surface area contributed by atoms with Gasteiger partial charge in [-0.3, -0.25) is 4.98 Å². The molecule has 4 nitrogen and oxygen atoms in total. The zero-order chi connectivity index (χ0) is 15.1. The number of nitrogens with two attached hydrogens (primary N) is 1. The van der Waals surface area contributed by atoms with Gasteiger partial charge in [-0.2, -0.15) is 0 Å². The van der Waals surface area contributed by atoms with E-state index in [0.717, 1.165) is 42.4 Å². The zero-order valence-corrected chi connectivity index (χ0v) is 12.8. The molecule has 2 rings (SSSR count). The number of unbranched alkanes of at least 4 members (excludes halogenated alkanes) is 1. The Labute approximate surface area is 130 Å². The van der Waals surface area contributed by atoms with Crippen LogP contribution in [0.4, 0.5) is 5.69 Å². The summed E-state index contributed by atoms with van der Waals surface area (Å²) in [7, 11) is 0. The molecule has 0 fully saturated rings. The Morgan fingerprint density at radius 3 is 2.90 bits per heavy atom. The first-order chi connectivity index (χ1) is 10.2. The van der Waals surface area contributed by atoms with E-state index in [4.69, 9.17) is 22.4 Å². The van der Waals surface area contributed by atoms with Crippen LogP contribution in [0.1, 0.15) is 19.3 Å². The maximum Gasteiger partial charge on any atom is 0.0737 e. The van der Waals surface area contributed by atoms with Crippen molar-refractivity contribution in [2.75, 3.05) is 25.0 Å². The molecule has 0 amide bonds. The number of rotatable bonds is 8. The van der Waals surface area contributed by atoms with Crippen LogP contribution in [-0.2, 0) is 0 Å². The zero-order valence-electron chi connectivity index (χ0n) is 12.1. The number of pyridine rings is 1. The van der Waals surface area contributed by atoms with Crippen molar-refractivity contribution in [2.45, 2.75) is 19.3 Å². The number of aliphatic hydroxyl groups excluding tert-OH is 1. The normalized spacial score (nSPS) is 12.5. The number of aliphatic hydroxyl groups is 1. The molecule has 0 aliphatic heterocycles. The average molecular weight is 308 g/mol. The van der Waals surface area contributed by atoms with Crippen LogP contribution in [0, 0.1) is 5.92 Å². The molecule has 1 aromatic heterocycles. The maximum absolute atomic E-state index is 9.09. The van der Waals surface area contributed by atoms with Gasteiger partial charge in [0.05, 0.1) is 5.52 Å². The standard InChI is InChI=1S/C16H22ClN3O/c17-13-4-5-14-15(6-8-20-16(14)9-13)19-7-2-1-3-12(10-18)11-21/h4-6,8-9,12,21H,1-3,7,10-11,18H2,(H,19,20). The lowest BCUT2D eigenvalue weighted by atomic mass is 10.0. The molecule has 2 aromatic rings.